The van der Waals surface area contributed by atoms with Gasteiger partial charge in [-0.1, -0.05) is 31.2 Å². The molecule has 210 valence electrons. The van der Waals surface area contributed by atoms with E-state index in [4.69, 9.17) is 4.74 Å². The van der Waals surface area contributed by atoms with Crippen LogP contribution in [0, 0.1) is 0 Å². The topological polar surface area (TPSA) is 96.5 Å². The van der Waals surface area contributed by atoms with Gasteiger partial charge in [-0.3, -0.25) is 14.4 Å². The van der Waals surface area contributed by atoms with Crippen LogP contribution in [-0.4, -0.2) is 29.6 Å². The Morgan fingerprint density at radius 1 is 0.902 bits per heavy atom. The number of carbonyl (C=O) groups is 3. The first kappa shape index (κ1) is 29.6. The summed E-state index contributed by atoms with van der Waals surface area (Å²) < 4.78 is 5.46. The van der Waals surface area contributed by atoms with Gasteiger partial charge >= 0.3 is 0 Å². The second-order valence-electron chi connectivity index (χ2n) is 8.88. The summed E-state index contributed by atoms with van der Waals surface area (Å²) in [5.74, 6) is -0.196. The van der Waals surface area contributed by atoms with Crippen LogP contribution in [0.25, 0.3) is 6.08 Å². The quantitative estimate of drug-likeness (QED) is 0.122. The molecule has 7 nitrogen and oxygen atoms in total. The van der Waals surface area contributed by atoms with E-state index in [0.29, 0.717) is 30.0 Å². The standard InChI is InChI=1S/C32H31N3O4S2/c1-3-29(32(38)33-24-13-15-26(16-14-24)39-4-2)41-27-12-8-11-25(20-27)34-31(37)28(19-22-17-18-40-21-22)35-30(36)23-9-6-5-7-10-23/h5-21,29H,3-4H2,1-2H3,(H,33,38)(H,34,37)(H,35,36)/b28-19-. The van der Waals surface area contributed by atoms with Gasteiger partial charge in [0, 0.05) is 21.8 Å². The van der Waals surface area contributed by atoms with Crippen LogP contribution >= 0.6 is 23.1 Å². The van der Waals surface area contributed by atoms with Crippen molar-refractivity contribution >= 4 is 58.3 Å². The molecule has 0 fully saturated rings. The number of thiophene rings is 1. The summed E-state index contributed by atoms with van der Waals surface area (Å²) in [4.78, 5) is 39.9. The smallest absolute Gasteiger partial charge is 0.272 e. The van der Waals surface area contributed by atoms with E-state index in [0.717, 1.165) is 16.2 Å². The van der Waals surface area contributed by atoms with Gasteiger partial charge in [-0.15, -0.1) is 11.8 Å². The fourth-order valence-electron chi connectivity index (χ4n) is 3.82. The first-order chi connectivity index (χ1) is 19.9. The lowest BCUT2D eigenvalue weighted by Crippen LogP contribution is -2.30. The number of benzene rings is 3. The zero-order valence-electron chi connectivity index (χ0n) is 22.8. The van der Waals surface area contributed by atoms with Crippen LogP contribution in [0.2, 0.25) is 0 Å². The molecule has 3 aromatic carbocycles. The van der Waals surface area contributed by atoms with E-state index in [2.05, 4.69) is 16.0 Å². The molecule has 1 atom stereocenters. The predicted octanol–water partition coefficient (Wildman–Crippen LogP) is 7.07. The van der Waals surface area contributed by atoms with Crippen molar-refractivity contribution in [1.82, 2.24) is 5.32 Å². The van der Waals surface area contributed by atoms with Gasteiger partial charge in [-0.2, -0.15) is 11.3 Å². The number of anilines is 2. The molecule has 0 saturated heterocycles. The van der Waals surface area contributed by atoms with Crippen molar-refractivity contribution in [3.8, 4) is 5.75 Å². The molecular formula is C32H31N3O4S2. The van der Waals surface area contributed by atoms with E-state index in [1.54, 1.807) is 36.4 Å². The molecule has 1 aromatic heterocycles. The summed E-state index contributed by atoms with van der Waals surface area (Å²) >= 11 is 2.92. The number of rotatable bonds is 12. The Kier molecular flexibility index (Phi) is 10.8. The summed E-state index contributed by atoms with van der Waals surface area (Å²) in [7, 11) is 0. The monoisotopic (exact) mass is 585 g/mol. The lowest BCUT2D eigenvalue weighted by molar-refractivity contribution is -0.116. The highest BCUT2D eigenvalue weighted by atomic mass is 32.2. The van der Waals surface area contributed by atoms with E-state index in [1.165, 1.54) is 23.1 Å². The number of ether oxygens (including phenoxy) is 1. The average molecular weight is 586 g/mol. The number of hydrogen-bond donors (Lipinski definition) is 3. The Hall–Kier alpha value is -4.34. The molecule has 3 amide bonds. The van der Waals surface area contributed by atoms with Crippen LogP contribution in [0.5, 0.6) is 5.75 Å². The van der Waals surface area contributed by atoms with Crippen molar-refractivity contribution in [2.45, 2.75) is 30.4 Å². The van der Waals surface area contributed by atoms with Crippen LogP contribution in [0.1, 0.15) is 36.2 Å². The maximum Gasteiger partial charge on any atom is 0.272 e. The normalized spacial score (nSPS) is 11.8. The molecule has 41 heavy (non-hydrogen) atoms. The second kappa shape index (κ2) is 14.9. The van der Waals surface area contributed by atoms with Gasteiger partial charge in [0.2, 0.25) is 5.91 Å². The summed E-state index contributed by atoms with van der Waals surface area (Å²) in [6.45, 7) is 4.45. The minimum absolute atomic E-state index is 0.110. The highest BCUT2D eigenvalue weighted by Gasteiger charge is 2.19. The van der Waals surface area contributed by atoms with E-state index in [9.17, 15) is 14.4 Å². The number of nitrogens with one attached hydrogen (secondary N) is 3. The fraction of sp³-hybridized carbons (Fsp3) is 0.156. The number of hydrogen-bond acceptors (Lipinski definition) is 6. The molecule has 0 aliphatic rings. The van der Waals surface area contributed by atoms with Crippen molar-refractivity contribution in [3.05, 3.63) is 113 Å². The van der Waals surface area contributed by atoms with E-state index >= 15 is 0 Å². The van der Waals surface area contributed by atoms with Crippen LogP contribution in [0.4, 0.5) is 11.4 Å². The fourth-order valence-corrected chi connectivity index (χ4v) is 5.45. The van der Waals surface area contributed by atoms with Crippen LogP contribution in [-0.2, 0) is 9.59 Å². The van der Waals surface area contributed by atoms with Crippen molar-refractivity contribution < 1.29 is 19.1 Å². The Labute approximate surface area is 248 Å². The number of thioether (sulfide) groups is 1. The molecule has 0 radical (unpaired) electrons. The third-order valence-corrected chi connectivity index (χ3v) is 7.91. The summed E-state index contributed by atoms with van der Waals surface area (Å²) in [5, 5.41) is 12.0. The molecule has 3 N–H and O–H groups in total. The maximum atomic E-state index is 13.3. The molecule has 9 heteroatoms. The largest absolute Gasteiger partial charge is 0.494 e. The molecule has 1 heterocycles. The second-order valence-corrected chi connectivity index (χ2v) is 10.9. The van der Waals surface area contributed by atoms with Crippen molar-refractivity contribution in [2.75, 3.05) is 17.2 Å². The lowest BCUT2D eigenvalue weighted by atomic mass is 10.2. The summed E-state index contributed by atoms with van der Waals surface area (Å²) in [6.07, 6.45) is 2.26. The Bertz CT molecular complexity index is 1490. The van der Waals surface area contributed by atoms with Crippen LogP contribution in [0.3, 0.4) is 0 Å². The average Bonchev–Trinajstić information content (AvgIpc) is 3.50. The highest BCUT2D eigenvalue weighted by molar-refractivity contribution is 8.00. The predicted molar refractivity (Wildman–Crippen MR) is 167 cm³/mol. The molecule has 0 saturated carbocycles. The molecule has 4 rings (SSSR count). The lowest BCUT2D eigenvalue weighted by Gasteiger charge is -2.16. The molecule has 0 bridgehead atoms. The number of amides is 3. The van der Waals surface area contributed by atoms with Gasteiger partial charge in [0.15, 0.2) is 0 Å². The Morgan fingerprint density at radius 3 is 2.37 bits per heavy atom. The molecule has 1 unspecified atom stereocenters. The molecule has 0 aliphatic heterocycles. The summed E-state index contributed by atoms with van der Waals surface area (Å²) in [6, 6.07) is 25.2. The van der Waals surface area contributed by atoms with Crippen LogP contribution in [0.15, 0.2) is 106 Å². The minimum Gasteiger partial charge on any atom is -0.494 e. The zero-order valence-corrected chi connectivity index (χ0v) is 24.4. The van der Waals surface area contributed by atoms with E-state index in [1.807, 2.05) is 79.2 Å². The van der Waals surface area contributed by atoms with Gasteiger partial charge < -0.3 is 20.7 Å². The van der Waals surface area contributed by atoms with Crippen molar-refractivity contribution in [1.29, 1.82) is 0 Å². The first-order valence-electron chi connectivity index (χ1n) is 13.2. The van der Waals surface area contributed by atoms with Crippen LogP contribution < -0.4 is 20.7 Å². The van der Waals surface area contributed by atoms with E-state index < -0.39 is 5.91 Å². The van der Waals surface area contributed by atoms with Crippen molar-refractivity contribution in [2.24, 2.45) is 0 Å². The molecule has 0 aliphatic carbocycles. The number of carbonyl (C=O) groups excluding carboxylic acids is 3. The molecular weight excluding hydrogens is 555 g/mol. The van der Waals surface area contributed by atoms with E-state index in [-0.39, 0.29) is 22.8 Å². The minimum atomic E-state index is -0.456. The Balaban J connectivity index is 1.43. The first-order valence-corrected chi connectivity index (χ1v) is 15.0. The van der Waals surface area contributed by atoms with Gasteiger partial charge in [0.1, 0.15) is 11.4 Å². The SMILES string of the molecule is CCOc1ccc(NC(=O)C(CC)Sc2cccc(NC(=O)/C(=C/c3ccsc3)NC(=O)c3ccccc3)c2)cc1. The molecule has 4 aromatic rings. The molecule has 0 spiro atoms. The summed E-state index contributed by atoms with van der Waals surface area (Å²) in [5.41, 5.74) is 2.62. The zero-order chi connectivity index (χ0) is 29.0. The Morgan fingerprint density at radius 2 is 1.68 bits per heavy atom. The third kappa shape index (κ3) is 8.83. The van der Waals surface area contributed by atoms with Gasteiger partial charge in [-0.05, 0) is 96.4 Å². The third-order valence-electron chi connectivity index (χ3n) is 5.85. The maximum absolute atomic E-state index is 13.3. The van der Waals surface area contributed by atoms with Gasteiger partial charge in [0.05, 0.1) is 11.9 Å². The van der Waals surface area contributed by atoms with Crippen molar-refractivity contribution in [3.63, 3.8) is 0 Å². The highest BCUT2D eigenvalue weighted by Crippen LogP contribution is 2.29. The van der Waals surface area contributed by atoms with Gasteiger partial charge in [-0.25, -0.2) is 0 Å². The van der Waals surface area contributed by atoms with Gasteiger partial charge in [0.25, 0.3) is 11.8 Å².